The minimum Gasteiger partial charge on any atom is -0.465 e. The standard InChI is InChI=1S/C14H27NO3/c1-4-17-11-14(3,13(16)18-5-2)15-12-9-7-6-8-10-12/h12,15H,4-11H2,1-3H3. The molecule has 1 saturated carbocycles. The third-order valence-corrected chi connectivity index (χ3v) is 3.45. The van der Waals surface area contributed by atoms with Crippen LogP contribution >= 0.6 is 0 Å². The van der Waals surface area contributed by atoms with E-state index in [0.717, 1.165) is 12.8 Å². The van der Waals surface area contributed by atoms with Gasteiger partial charge in [-0.3, -0.25) is 5.32 Å². The smallest absolute Gasteiger partial charge is 0.328 e. The lowest BCUT2D eigenvalue weighted by atomic mass is 9.92. The van der Waals surface area contributed by atoms with Gasteiger partial charge in [0.05, 0.1) is 13.2 Å². The van der Waals surface area contributed by atoms with E-state index >= 15 is 0 Å². The predicted molar refractivity (Wildman–Crippen MR) is 71.5 cm³/mol. The summed E-state index contributed by atoms with van der Waals surface area (Å²) in [4.78, 5) is 12.1. The fourth-order valence-electron chi connectivity index (χ4n) is 2.45. The van der Waals surface area contributed by atoms with E-state index in [1.165, 1.54) is 19.3 Å². The monoisotopic (exact) mass is 257 g/mol. The minimum atomic E-state index is -0.714. The lowest BCUT2D eigenvalue weighted by Crippen LogP contribution is -2.57. The summed E-state index contributed by atoms with van der Waals surface area (Å²) in [5, 5.41) is 3.45. The van der Waals surface area contributed by atoms with Crippen LogP contribution in [-0.2, 0) is 14.3 Å². The summed E-state index contributed by atoms with van der Waals surface area (Å²) in [5.74, 6) is -0.205. The van der Waals surface area contributed by atoms with Crippen LogP contribution in [0.1, 0.15) is 52.9 Å². The van der Waals surface area contributed by atoms with E-state index in [1.54, 1.807) is 0 Å². The highest BCUT2D eigenvalue weighted by atomic mass is 16.5. The maximum Gasteiger partial charge on any atom is 0.328 e. The molecule has 1 unspecified atom stereocenters. The van der Waals surface area contributed by atoms with Gasteiger partial charge in [0.2, 0.25) is 0 Å². The van der Waals surface area contributed by atoms with Gasteiger partial charge in [-0.1, -0.05) is 19.3 Å². The van der Waals surface area contributed by atoms with E-state index in [0.29, 0.717) is 25.9 Å². The molecular formula is C14H27NO3. The Hall–Kier alpha value is -0.610. The third kappa shape index (κ3) is 4.58. The highest BCUT2D eigenvalue weighted by Crippen LogP contribution is 2.21. The Morgan fingerprint density at radius 1 is 1.22 bits per heavy atom. The number of rotatable bonds is 7. The molecule has 1 N–H and O–H groups in total. The predicted octanol–water partition coefficient (Wildman–Crippen LogP) is 2.27. The summed E-state index contributed by atoms with van der Waals surface area (Å²) in [6.45, 7) is 7.05. The molecule has 0 amide bonds. The molecule has 0 saturated heterocycles. The molecule has 18 heavy (non-hydrogen) atoms. The van der Waals surface area contributed by atoms with E-state index in [2.05, 4.69) is 5.32 Å². The van der Waals surface area contributed by atoms with Crippen molar-refractivity contribution in [2.75, 3.05) is 19.8 Å². The second-order valence-electron chi connectivity index (χ2n) is 5.17. The maximum absolute atomic E-state index is 12.1. The average Bonchev–Trinajstić information content (AvgIpc) is 2.38. The molecule has 1 atom stereocenters. The Kier molecular flexibility index (Phi) is 6.65. The molecule has 106 valence electrons. The van der Waals surface area contributed by atoms with Gasteiger partial charge in [-0.2, -0.15) is 0 Å². The van der Waals surface area contributed by atoms with Gasteiger partial charge in [-0.25, -0.2) is 4.79 Å². The molecule has 0 aromatic rings. The summed E-state index contributed by atoms with van der Waals surface area (Å²) in [6, 6.07) is 0.411. The van der Waals surface area contributed by atoms with Crippen LogP contribution in [0.5, 0.6) is 0 Å². The normalized spacial score (nSPS) is 20.4. The summed E-state index contributed by atoms with van der Waals surface area (Å²) in [7, 11) is 0. The zero-order chi connectivity index (χ0) is 13.4. The maximum atomic E-state index is 12.1. The van der Waals surface area contributed by atoms with Crippen LogP contribution in [0.3, 0.4) is 0 Å². The van der Waals surface area contributed by atoms with Crippen molar-refractivity contribution in [1.29, 1.82) is 0 Å². The van der Waals surface area contributed by atoms with Crippen LogP contribution in [0, 0.1) is 0 Å². The summed E-state index contributed by atoms with van der Waals surface area (Å²) in [5.41, 5.74) is -0.714. The van der Waals surface area contributed by atoms with Crippen molar-refractivity contribution in [3.8, 4) is 0 Å². The van der Waals surface area contributed by atoms with E-state index < -0.39 is 5.54 Å². The van der Waals surface area contributed by atoms with E-state index in [1.807, 2.05) is 20.8 Å². The summed E-state index contributed by atoms with van der Waals surface area (Å²) >= 11 is 0. The Labute approximate surface area is 110 Å². The van der Waals surface area contributed by atoms with Crippen molar-refractivity contribution in [1.82, 2.24) is 5.32 Å². The molecule has 0 heterocycles. The van der Waals surface area contributed by atoms with Crippen LogP contribution in [0.25, 0.3) is 0 Å². The van der Waals surface area contributed by atoms with E-state index in [-0.39, 0.29) is 5.97 Å². The molecule has 4 nitrogen and oxygen atoms in total. The van der Waals surface area contributed by atoms with Crippen molar-refractivity contribution < 1.29 is 14.3 Å². The van der Waals surface area contributed by atoms with Gasteiger partial charge in [0.1, 0.15) is 5.54 Å². The number of esters is 1. The van der Waals surface area contributed by atoms with Crippen molar-refractivity contribution in [2.45, 2.75) is 64.5 Å². The first-order chi connectivity index (χ1) is 8.62. The van der Waals surface area contributed by atoms with Crippen LogP contribution in [-0.4, -0.2) is 37.4 Å². The van der Waals surface area contributed by atoms with E-state index in [4.69, 9.17) is 9.47 Å². The molecule has 1 aliphatic carbocycles. The molecule has 1 aliphatic rings. The van der Waals surface area contributed by atoms with E-state index in [9.17, 15) is 4.79 Å². The SMILES string of the molecule is CCOCC(C)(NC1CCCCC1)C(=O)OCC. The second-order valence-corrected chi connectivity index (χ2v) is 5.17. The number of ether oxygens (including phenoxy) is 2. The van der Waals surface area contributed by atoms with Gasteiger partial charge in [-0.05, 0) is 33.6 Å². The van der Waals surface area contributed by atoms with Crippen molar-refractivity contribution in [3.05, 3.63) is 0 Å². The topological polar surface area (TPSA) is 47.6 Å². The lowest BCUT2D eigenvalue weighted by Gasteiger charge is -2.34. The number of nitrogens with one attached hydrogen (secondary N) is 1. The fraction of sp³-hybridized carbons (Fsp3) is 0.929. The van der Waals surface area contributed by atoms with Gasteiger partial charge in [0, 0.05) is 12.6 Å². The Morgan fingerprint density at radius 2 is 1.89 bits per heavy atom. The molecule has 0 aliphatic heterocycles. The number of hydrogen-bond donors (Lipinski definition) is 1. The van der Waals surface area contributed by atoms with Gasteiger partial charge in [-0.15, -0.1) is 0 Å². The highest BCUT2D eigenvalue weighted by molar-refractivity contribution is 5.80. The molecule has 0 aromatic heterocycles. The Morgan fingerprint density at radius 3 is 2.44 bits per heavy atom. The van der Waals surface area contributed by atoms with Gasteiger partial charge in [0.15, 0.2) is 0 Å². The quantitative estimate of drug-likeness (QED) is 0.711. The first kappa shape index (κ1) is 15.4. The molecule has 1 rings (SSSR count). The summed E-state index contributed by atoms with van der Waals surface area (Å²) < 4.78 is 10.6. The van der Waals surface area contributed by atoms with Crippen LogP contribution in [0.4, 0.5) is 0 Å². The van der Waals surface area contributed by atoms with Crippen molar-refractivity contribution in [2.24, 2.45) is 0 Å². The third-order valence-electron chi connectivity index (χ3n) is 3.45. The molecule has 0 spiro atoms. The molecule has 0 radical (unpaired) electrons. The second kappa shape index (κ2) is 7.74. The van der Waals surface area contributed by atoms with Crippen molar-refractivity contribution in [3.63, 3.8) is 0 Å². The first-order valence-electron chi connectivity index (χ1n) is 7.15. The molecule has 1 fully saturated rings. The highest BCUT2D eigenvalue weighted by Gasteiger charge is 2.37. The number of carbonyl (C=O) groups excluding carboxylic acids is 1. The first-order valence-corrected chi connectivity index (χ1v) is 7.15. The Balaban J connectivity index is 2.59. The zero-order valence-electron chi connectivity index (χ0n) is 12.0. The average molecular weight is 257 g/mol. The molecular weight excluding hydrogens is 230 g/mol. The zero-order valence-corrected chi connectivity index (χ0v) is 12.0. The van der Waals surface area contributed by atoms with Gasteiger partial charge in [0.25, 0.3) is 0 Å². The lowest BCUT2D eigenvalue weighted by molar-refractivity contribution is -0.153. The number of carbonyl (C=O) groups is 1. The largest absolute Gasteiger partial charge is 0.465 e. The van der Waals surface area contributed by atoms with Crippen LogP contribution in [0.2, 0.25) is 0 Å². The van der Waals surface area contributed by atoms with Gasteiger partial charge >= 0.3 is 5.97 Å². The van der Waals surface area contributed by atoms with Crippen LogP contribution in [0.15, 0.2) is 0 Å². The van der Waals surface area contributed by atoms with Gasteiger partial charge < -0.3 is 9.47 Å². The fourth-order valence-corrected chi connectivity index (χ4v) is 2.45. The molecule has 0 aromatic carbocycles. The summed E-state index contributed by atoms with van der Waals surface area (Å²) in [6.07, 6.45) is 6.07. The molecule has 0 bridgehead atoms. The van der Waals surface area contributed by atoms with Crippen LogP contribution < -0.4 is 5.32 Å². The minimum absolute atomic E-state index is 0.205. The van der Waals surface area contributed by atoms with Crippen molar-refractivity contribution >= 4 is 5.97 Å². The Bertz CT molecular complexity index is 251. The molecule has 4 heteroatoms. The number of hydrogen-bond acceptors (Lipinski definition) is 4.